The maximum atomic E-state index is 11.2. The predicted octanol–water partition coefficient (Wildman–Crippen LogP) is 0.681. The van der Waals surface area contributed by atoms with Crippen molar-refractivity contribution in [2.24, 2.45) is 0 Å². The van der Waals surface area contributed by atoms with Gasteiger partial charge < -0.3 is 0 Å². The molecule has 1 atom stereocenters. The van der Waals surface area contributed by atoms with Crippen molar-refractivity contribution >= 4 is 9.84 Å². The van der Waals surface area contributed by atoms with Crippen molar-refractivity contribution in [1.82, 2.24) is 4.90 Å². The van der Waals surface area contributed by atoms with Gasteiger partial charge in [0, 0.05) is 19.3 Å². The number of rotatable bonds is 3. The van der Waals surface area contributed by atoms with Crippen LogP contribution in [0.2, 0.25) is 0 Å². The molecule has 0 N–H and O–H groups in total. The summed E-state index contributed by atoms with van der Waals surface area (Å²) >= 11 is 0. The van der Waals surface area contributed by atoms with Crippen LogP contribution in [0.15, 0.2) is 12.2 Å². The third-order valence-electron chi connectivity index (χ3n) is 2.43. The highest BCUT2D eigenvalue weighted by atomic mass is 32.2. The van der Waals surface area contributed by atoms with Crippen molar-refractivity contribution in [2.45, 2.75) is 18.6 Å². The zero-order valence-electron chi connectivity index (χ0n) is 8.23. The van der Waals surface area contributed by atoms with E-state index in [4.69, 9.17) is 0 Å². The van der Waals surface area contributed by atoms with Crippen LogP contribution < -0.4 is 0 Å². The minimum atomic E-state index is -2.83. The van der Waals surface area contributed by atoms with E-state index < -0.39 is 9.84 Å². The molecule has 0 aliphatic carbocycles. The van der Waals surface area contributed by atoms with Crippen LogP contribution >= 0.6 is 0 Å². The molecule has 0 aromatic rings. The molecule has 13 heavy (non-hydrogen) atoms. The molecular formula is C9H17NO2S. The van der Waals surface area contributed by atoms with Crippen molar-refractivity contribution < 1.29 is 8.42 Å². The fraction of sp³-hybridized carbons (Fsp3) is 0.778. The van der Waals surface area contributed by atoms with Crippen LogP contribution in [0.5, 0.6) is 0 Å². The molecule has 1 fully saturated rings. The minimum absolute atomic E-state index is 0.141. The first-order valence-electron chi connectivity index (χ1n) is 4.56. The second-order valence-corrected chi connectivity index (χ2v) is 5.89. The molecule has 0 radical (unpaired) electrons. The van der Waals surface area contributed by atoms with Crippen molar-refractivity contribution in [3.8, 4) is 0 Å². The van der Waals surface area contributed by atoms with Crippen LogP contribution in [0.4, 0.5) is 0 Å². The number of sulfone groups is 1. The lowest BCUT2D eigenvalue weighted by Gasteiger charge is -2.12. The Morgan fingerprint density at radius 1 is 1.54 bits per heavy atom. The Bertz CT molecular complexity index is 282. The number of hydrogen-bond acceptors (Lipinski definition) is 3. The smallest absolute Gasteiger partial charge is 0.151 e. The van der Waals surface area contributed by atoms with Gasteiger partial charge >= 0.3 is 0 Å². The summed E-state index contributed by atoms with van der Waals surface area (Å²) in [6.07, 6.45) is 6.17. The van der Waals surface area contributed by atoms with Gasteiger partial charge in [0.2, 0.25) is 0 Å². The average molecular weight is 203 g/mol. The molecule has 1 heterocycles. The molecule has 3 nitrogen and oxygen atoms in total. The summed E-state index contributed by atoms with van der Waals surface area (Å²) in [6, 6.07) is 0. The standard InChI is InChI=1S/C9H17NO2S/c1-3-4-6-10-7-5-9(8-10)13(2,11)12/h3-4,9H,5-8H2,1-2H3/b4-3+. The van der Waals surface area contributed by atoms with E-state index in [1.54, 1.807) is 0 Å². The van der Waals surface area contributed by atoms with Gasteiger partial charge in [0.05, 0.1) is 5.25 Å². The normalized spacial score (nSPS) is 25.8. The average Bonchev–Trinajstić information content (AvgIpc) is 2.47. The highest BCUT2D eigenvalue weighted by molar-refractivity contribution is 7.91. The molecule has 0 aromatic heterocycles. The molecule has 1 aliphatic heterocycles. The Hall–Kier alpha value is -0.350. The predicted molar refractivity (Wildman–Crippen MR) is 54.5 cm³/mol. The molecule has 0 amide bonds. The number of nitrogens with zero attached hydrogens (tertiary/aromatic N) is 1. The van der Waals surface area contributed by atoms with Crippen LogP contribution in [0.25, 0.3) is 0 Å². The Morgan fingerprint density at radius 2 is 2.23 bits per heavy atom. The zero-order chi connectivity index (χ0) is 9.90. The zero-order valence-corrected chi connectivity index (χ0v) is 9.05. The Balaban J connectivity index is 2.45. The van der Waals surface area contributed by atoms with Gasteiger partial charge in [0.15, 0.2) is 9.84 Å². The van der Waals surface area contributed by atoms with Crippen LogP contribution in [0.3, 0.4) is 0 Å². The molecule has 4 heteroatoms. The lowest BCUT2D eigenvalue weighted by molar-refractivity contribution is 0.377. The highest BCUT2D eigenvalue weighted by Crippen LogP contribution is 2.15. The van der Waals surface area contributed by atoms with Gasteiger partial charge in [-0.2, -0.15) is 0 Å². The van der Waals surface area contributed by atoms with E-state index in [2.05, 4.69) is 11.0 Å². The van der Waals surface area contributed by atoms with Crippen molar-refractivity contribution in [2.75, 3.05) is 25.9 Å². The molecule has 0 aromatic carbocycles. The van der Waals surface area contributed by atoms with Crippen molar-refractivity contribution in [3.05, 3.63) is 12.2 Å². The highest BCUT2D eigenvalue weighted by Gasteiger charge is 2.28. The van der Waals surface area contributed by atoms with Crippen LogP contribution in [-0.2, 0) is 9.84 Å². The van der Waals surface area contributed by atoms with Crippen LogP contribution in [0, 0.1) is 0 Å². The quantitative estimate of drug-likeness (QED) is 0.633. The summed E-state index contributed by atoms with van der Waals surface area (Å²) < 4.78 is 22.4. The van der Waals surface area contributed by atoms with E-state index in [0.717, 1.165) is 19.5 Å². The van der Waals surface area contributed by atoms with Gasteiger partial charge in [0.1, 0.15) is 0 Å². The van der Waals surface area contributed by atoms with Gasteiger partial charge in [-0.25, -0.2) is 8.42 Å². The first-order chi connectivity index (χ1) is 6.04. The largest absolute Gasteiger partial charge is 0.298 e. The van der Waals surface area contributed by atoms with E-state index in [-0.39, 0.29) is 5.25 Å². The third-order valence-corrected chi connectivity index (χ3v) is 4.03. The summed E-state index contributed by atoms with van der Waals surface area (Å²) in [7, 11) is -2.83. The Morgan fingerprint density at radius 3 is 2.69 bits per heavy atom. The maximum absolute atomic E-state index is 11.2. The Kier molecular flexibility index (Phi) is 3.50. The molecular weight excluding hydrogens is 186 g/mol. The monoisotopic (exact) mass is 203 g/mol. The van der Waals surface area contributed by atoms with E-state index in [1.165, 1.54) is 6.26 Å². The fourth-order valence-electron chi connectivity index (χ4n) is 1.57. The van der Waals surface area contributed by atoms with E-state index in [1.807, 2.05) is 13.0 Å². The SMILES string of the molecule is C/C=C/CN1CCC(S(C)(=O)=O)C1. The van der Waals surface area contributed by atoms with Gasteiger partial charge in [-0.15, -0.1) is 0 Å². The van der Waals surface area contributed by atoms with Crippen LogP contribution in [-0.4, -0.2) is 44.5 Å². The molecule has 1 unspecified atom stereocenters. The Labute approximate surface area is 80.3 Å². The molecule has 0 bridgehead atoms. The van der Waals surface area contributed by atoms with Gasteiger partial charge in [0.25, 0.3) is 0 Å². The molecule has 76 valence electrons. The number of hydrogen-bond donors (Lipinski definition) is 0. The van der Waals surface area contributed by atoms with Crippen molar-refractivity contribution in [1.29, 1.82) is 0 Å². The third kappa shape index (κ3) is 3.12. The molecule has 0 saturated carbocycles. The summed E-state index contributed by atoms with van der Waals surface area (Å²) in [5, 5.41) is -0.141. The van der Waals surface area contributed by atoms with Gasteiger partial charge in [-0.3, -0.25) is 4.90 Å². The maximum Gasteiger partial charge on any atom is 0.151 e. The van der Waals surface area contributed by atoms with Crippen molar-refractivity contribution in [3.63, 3.8) is 0 Å². The fourth-order valence-corrected chi connectivity index (χ4v) is 2.58. The topological polar surface area (TPSA) is 37.4 Å². The molecule has 1 rings (SSSR count). The van der Waals surface area contributed by atoms with Gasteiger partial charge in [-0.05, 0) is 19.9 Å². The lowest BCUT2D eigenvalue weighted by atomic mass is 10.4. The number of likely N-dealkylation sites (tertiary alicyclic amines) is 1. The summed E-state index contributed by atoms with van der Waals surface area (Å²) in [5.41, 5.74) is 0. The lowest BCUT2D eigenvalue weighted by Crippen LogP contribution is -2.26. The van der Waals surface area contributed by atoms with Gasteiger partial charge in [-0.1, -0.05) is 12.2 Å². The number of allylic oxidation sites excluding steroid dienone is 1. The first kappa shape index (κ1) is 10.7. The van der Waals surface area contributed by atoms with E-state index >= 15 is 0 Å². The summed E-state index contributed by atoms with van der Waals surface area (Å²) in [6.45, 7) is 4.46. The second-order valence-electron chi connectivity index (χ2n) is 3.57. The molecule has 1 aliphatic rings. The van der Waals surface area contributed by atoms with E-state index in [9.17, 15) is 8.42 Å². The summed E-state index contributed by atoms with van der Waals surface area (Å²) in [5.74, 6) is 0. The van der Waals surface area contributed by atoms with E-state index in [0.29, 0.717) is 6.54 Å². The second kappa shape index (κ2) is 4.24. The minimum Gasteiger partial charge on any atom is -0.298 e. The first-order valence-corrected chi connectivity index (χ1v) is 6.52. The summed E-state index contributed by atoms with van der Waals surface area (Å²) in [4.78, 5) is 2.17. The molecule has 0 spiro atoms. The molecule has 1 saturated heterocycles. The van der Waals surface area contributed by atoms with Crippen LogP contribution in [0.1, 0.15) is 13.3 Å².